The molecule has 1 aliphatic rings. The summed E-state index contributed by atoms with van der Waals surface area (Å²) in [4.78, 5) is 14.3. The smallest absolute Gasteiger partial charge is 0.282 e. The molecular formula is C17H20N4O4S. The van der Waals surface area contributed by atoms with Crippen molar-refractivity contribution in [2.45, 2.75) is 17.7 Å². The number of carbonyl (C=O) groups excluding carboxylic acids is 1. The number of hydrogen-bond donors (Lipinski definition) is 3. The van der Waals surface area contributed by atoms with Crippen molar-refractivity contribution in [1.82, 2.24) is 4.41 Å². The number of hydrogen-bond acceptors (Lipinski definition) is 7. The number of rotatable bonds is 4. The van der Waals surface area contributed by atoms with E-state index in [0.717, 1.165) is 25.9 Å². The van der Waals surface area contributed by atoms with Gasteiger partial charge in [-0.1, -0.05) is 0 Å². The molecule has 1 fully saturated rings. The first-order chi connectivity index (χ1) is 12.3. The van der Waals surface area contributed by atoms with E-state index in [2.05, 4.69) is 0 Å². The molecule has 26 heavy (non-hydrogen) atoms. The molecule has 0 bridgehead atoms. The highest BCUT2D eigenvalue weighted by molar-refractivity contribution is 7.89. The summed E-state index contributed by atoms with van der Waals surface area (Å²) in [5, 5.41) is 9.28. The molecule has 0 radical (unpaired) electrons. The zero-order valence-electron chi connectivity index (χ0n) is 14.0. The van der Waals surface area contributed by atoms with Crippen LogP contribution in [0.4, 0.5) is 11.4 Å². The van der Waals surface area contributed by atoms with Gasteiger partial charge in [-0.3, -0.25) is 4.79 Å². The zero-order valence-corrected chi connectivity index (χ0v) is 14.8. The Morgan fingerprint density at radius 2 is 1.69 bits per heavy atom. The number of nitrogens with two attached hydrogens (primary N) is 2. The van der Waals surface area contributed by atoms with Crippen molar-refractivity contribution in [2.75, 3.05) is 23.7 Å². The molecular weight excluding hydrogens is 356 g/mol. The number of phenolic OH excluding ortho intramolecular Hbond substituents is 1. The normalized spacial score (nSPS) is 14.4. The number of phenols is 1. The topological polar surface area (TPSA) is 130 Å². The first kappa shape index (κ1) is 18.0. The van der Waals surface area contributed by atoms with E-state index in [1.807, 2.05) is 4.90 Å². The van der Waals surface area contributed by atoms with E-state index < -0.39 is 15.9 Å². The molecule has 5 N–H and O–H groups in total. The van der Waals surface area contributed by atoms with Gasteiger partial charge in [0.25, 0.3) is 15.9 Å². The summed E-state index contributed by atoms with van der Waals surface area (Å²) in [7, 11) is -4.25. The van der Waals surface area contributed by atoms with Crippen molar-refractivity contribution in [2.24, 2.45) is 5.84 Å². The lowest BCUT2D eigenvalue weighted by Gasteiger charge is -2.22. The van der Waals surface area contributed by atoms with Crippen LogP contribution in [0.3, 0.4) is 0 Å². The summed E-state index contributed by atoms with van der Waals surface area (Å²) in [5.41, 5.74) is 7.12. The molecule has 0 spiro atoms. The number of nitrogen functional groups attached to an aromatic ring is 1. The fraction of sp³-hybridized carbons (Fsp3) is 0.235. The number of benzene rings is 2. The van der Waals surface area contributed by atoms with Gasteiger partial charge in [-0.2, -0.15) is 12.8 Å². The summed E-state index contributed by atoms with van der Waals surface area (Å²) in [5.74, 6) is 4.69. The first-order valence-electron chi connectivity index (χ1n) is 8.08. The Hall–Kier alpha value is -2.78. The summed E-state index contributed by atoms with van der Waals surface area (Å²) >= 11 is 0. The molecule has 3 rings (SSSR count). The molecule has 2 aromatic carbocycles. The molecule has 8 nitrogen and oxygen atoms in total. The van der Waals surface area contributed by atoms with Crippen molar-refractivity contribution >= 4 is 27.3 Å². The van der Waals surface area contributed by atoms with E-state index in [9.17, 15) is 18.3 Å². The fourth-order valence-electron chi connectivity index (χ4n) is 2.87. The second-order valence-electron chi connectivity index (χ2n) is 6.07. The second-order valence-corrected chi connectivity index (χ2v) is 7.88. The molecule has 0 atom stereocenters. The quantitative estimate of drug-likeness (QED) is 0.317. The average molecular weight is 376 g/mol. The predicted octanol–water partition coefficient (Wildman–Crippen LogP) is 1.28. The van der Waals surface area contributed by atoms with Crippen LogP contribution in [0, 0.1) is 0 Å². The monoisotopic (exact) mass is 376 g/mol. The molecule has 1 heterocycles. The Bertz CT molecular complexity index is 922. The van der Waals surface area contributed by atoms with Crippen LogP contribution < -0.4 is 16.5 Å². The number of carbonyl (C=O) groups is 1. The van der Waals surface area contributed by atoms with E-state index in [4.69, 9.17) is 11.6 Å². The highest BCUT2D eigenvalue weighted by atomic mass is 32.2. The van der Waals surface area contributed by atoms with Gasteiger partial charge in [-0.15, -0.1) is 0 Å². The third-order valence-corrected chi connectivity index (χ3v) is 5.85. The van der Waals surface area contributed by atoms with Crippen LogP contribution in [0.5, 0.6) is 5.75 Å². The standard InChI is InChI=1S/C17H20N4O4S/c18-15-8-7-14(11-16(15)20-9-1-2-10-20)26(24,25)21(19)17(23)12-3-5-13(22)6-4-12/h3-8,11,22H,1-2,9-10,18-19H2. The Labute approximate surface area is 151 Å². The van der Waals surface area contributed by atoms with Gasteiger partial charge >= 0.3 is 0 Å². The van der Waals surface area contributed by atoms with E-state index in [-0.39, 0.29) is 20.6 Å². The number of nitrogens with zero attached hydrogens (tertiary/aromatic N) is 2. The average Bonchev–Trinajstić information content (AvgIpc) is 3.15. The Morgan fingerprint density at radius 1 is 1.08 bits per heavy atom. The third kappa shape index (κ3) is 3.31. The number of sulfonamides is 1. The van der Waals surface area contributed by atoms with Crippen LogP contribution >= 0.6 is 0 Å². The van der Waals surface area contributed by atoms with Crippen LogP contribution in [0.1, 0.15) is 23.2 Å². The minimum absolute atomic E-state index is 0.0400. The Balaban J connectivity index is 1.93. The second kappa shape index (κ2) is 6.85. The van der Waals surface area contributed by atoms with Crippen molar-refractivity contribution in [1.29, 1.82) is 0 Å². The Kier molecular flexibility index (Phi) is 4.75. The van der Waals surface area contributed by atoms with Crippen LogP contribution in [-0.4, -0.2) is 36.9 Å². The number of aromatic hydroxyl groups is 1. The molecule has 2 aromatic rings. The van der Waals surface area contributed by atoms with Crippen molar-refractivity contribution in [3.8, 4) is 5.75 Å². The van der Waals surface area contributed by atoms with Crippen LogP contribution in [0.2, 0.25) is 0 Å². The van der Waals surface area contributed by atoms with Gasteiger partial charge in [0.05, 0.1) is 16.3 Å². The first-order valence-corrected chi connectivity index (χ1v) is 9.52. The molecule has 0 aliphatic carbocycles. The SMILES string of the molecule is Nc1ccc(S(=O)(=O)N(N)C(=O)c2ccc(O)cc2)cc1N1CCCC1. The lowest BCUT2D eigenvalue weighted by molar-refractivity contribution is 0.0861. The van der Waals surface area contributed by atoms with Crippen molar-refractivity contribution in [3.63, 3.8) is 0 Å². The van der Waals surface area contributed by atoms with Gasteiger partial charge in [0.1, 0.15) is 5.75 Å². The highest BCUT2D eigenvalue weighted by Gasteiger charge is 2.29. The van der Waals surface area contributed by atoms with Crippen molar-refractivity contribution in [3.05, 3.63) is 48.0 Å². The van der Waals surface area contributed by atoms with Gasteiger partial charge in [0.15, 0.2) is 0 Å². The van der Waals surface area contributed by atoms with Gasteiger partial charge in [0, 0.05) is 18.7 Å². The highest BCUT2D eigenvalue weighted by Crippen LogP contribution is 2.30. The molecule has 0 saturated carbocycles. The third-order valence-electron chi connectivity index (χ3n) is 4.32. The van der Waals surface area contributed by atoms with E-state index >= 15 is 0 Å². The lowest BCUT2D eigenvalue weighted by Crippen LogP contribution is -2.42. The molecule has 1 amide bonds. The Morgan fingerprint density at radius 3 is 2.31 bits per heavy atom. The minimum atomic E-state index is -4.25. The van der Waals surface area contributed by atoms with E-state index in [0.29, 0.717) is 11.4 Å². The number of anilines is 2. The molecule has 0 aromatic heterocycles. The van der Waals surface area contributed by atoms with Crippen molar-refractivity contribution < 1.29 is 18.3 Å². The summed E-state index contributed by atoms with van der Waals surface area (Å²) < 4.78 is 25.7. The molecule has 138 valence electrons. The van der Waals surface area contributed by atoms with Crippen LogP contribution in [0.15, 0.2) is 47.4 Å². The molecule has 1 aliphatic heterocycles. The van der Waals surface area contributed by atoms with Crippen LogP contribution in [-0.2, 0) is 10.0 Å². The molecule has 1 saturated heterocycles. The van der Waals surface area contributed by atoms with Crippen LogP contribution in [0.25, 0.3) is 0 Å². The molecule has 9 heteroatoms. The number of amides is 1. The fourth-order valence-corrected chi connectivity index (χ4v) is 3.92. The summed E-state index contributed by atoms with van der Waals surface area (Å²) in [6, 6.07) is 9.43. The van der Waals surface area contributed by atoms with E-state index in [1.165, 1.54) is 42.5 Å². The minimum Gasteiger partial charge on any atom is -0.508 e. The maximum Gasteiger partial charge on any atom is 0.282 e. The van der Waals surface area contributed by atoms with E-state index in [1.54, 1.807) is 0 Å². The lowest BCUT2D eigenvalue weighted by atomic mass is 10.2. The largest absolute Gasteiger partial charge is 0.508 e. The maximum absolute atomic E-state index is 12.8. The van der Waals surface area contributed by atoms with Gasteiger partial charge < -0.3 is 15.7 Å². The molecule has 0 unspecified atom stereocenters. The zero-order chi connectivity index (χ0) is 18.9. The predicted molar refractivity (Wildman–Crippen MR) is 98.0 cm³/mol. The van der Waals surface area contributed by atoms with Gasteiger partial charge in [0.2, 0.25) is 0 Å². The van der Waals surface area contributed by atoms with Gasteiger partial charge in [-0.25, -0.2) is 5.84 Å². The number of hydrazine groups is 1. The maximum atomic E-state index is 12.8. The summed E-state index contributed by atoms with van der Waals surface area (Å²) in [6.45, 7) is 1.60. The van der Waals surface area contributed by atoms with Gasteiger partial charge in [-0.05, 0) is 55.3 Å². The summed E-state index contributed by atoms with van der Waals surface area (Å²) in [6.07, 6.45) is 2.03.